The van der Waals surface area contributed by atoms with Gasteiger partial charge in [0.25, 0.3) is 17.5 Å². The van der Waals surface area contributed by atoms with Crippen LogP contribution in [-0.4, -0.2) is 41.6 Å². The second-order valence-corrected chi connectivity index (χ2v) is 8.73. The Bertz CT molecular complexity index is 1320. The predicted molar refractivity (Wildman–Crippen MR) is 103 cm³/mol. The number of hydrogen-bond donors (Lipinski definition) is 1. The van der Waals surface area contributed by atoms with Gasteiger partial charge in [-0.2, -0.15) is 13.4 Å². The van der Waals surface area contributed by atoms with Crippen LogP contribution in [-0.2, 0) is 19.1 Å². The van der Waals surface area contributed by atoms with E-state index in [1.54, 1.807) is 0 Å². The number of fused-ring (bicyclic) bond motifs is 2. The molecule has 4 rings (SSSR count). The maximum atomic E-state index is 13.1. The van der Waals surface area contributed by atoms with E-state index in [2.05, 4.69) is 24.8 Å². The van der Waals surface area contributed by atoms with E-state index in [9.17, 15) is 32.1 Å². The molecule has 1 aliphatic heterocycles. The molecule has 2 aromatic heterocycles. The molecule has 1 N–H and O–H groups in total. The number of hydrogen-bond acceptors (Lipinski definition) is 11. The molecule has 0 unspecified atom stereocenters. The minimum Gasteiger partial charge on any atom is -0.393 e. The van der Waals surface area contributed by atoms with Crippen molar-refractivity contribution in [1.29, 1.82) is 0 Å². The first-order valence-electron chi connectivity index (χ1n) is 8.50. The van der Waals surface area contributed by atoms with Gasteiger partial charge in [-0.3, -0.25) is 24.4 Å². The number of carbonyl (C=O) groups is 1. The molecule has 0 bridgehead atoms. The van der Waals surface area contributed by atoms with Gasteiger partial charge in [0.2, 0.25) is 0 Å². The van der Waals surface area contributed by atoms with Crippen molar-refractivity contribution < 1.29 is 40.6 Å². The summed E-state index contributed by atoms with van der Waals surface area (Å²) in [6.07, 6.45) is -5.43. The Kier molecular flexibility index (Phi) is 5.14. The Hall–Kier alpha value is -3.50. The Labute approximate surface area is 181 Å². The van der Waals surface area contributed by atoms with E-state index in [0.29, 0.717) is 0 Å². The molecule has 3 heterocycles. The highest BCUT2D eigenvalue weighted by Crippen LogP contribution is 2.42. The number of carbonyl (C=O) groups excluding carboxylic acids is 1. The lowest BCUT2D eigenvalue weighted by Crippen LogP contribution is -2.30. The summed E-state index contributed by atoms with van der Waals surface area (Å²) in [6.45, 7) is 1.12. The molecular weight excluding hydrogens is 478 g/mol. The molecule has 0 saturated heterocycles. The largest absolute Gasteiger partial charge is 0.587 e. The minimum absolute atomic E-state index is 0.0357. The zero-order valence-corrected chi connectivity index (χ0v) is 17.3. The smallest absolute Gasteiger partial charge is 0.393 e. The normalized spacial score (nSPS) is 15.5. The van der Waals surface area contributed by atoms with Gasteiger partial charge in [-0.15, -0.1) is 8.78 Å². The Balaban J connectivity index is 1.50. The first-order valence-corrected chi connectivity index (χ1v) is 10.7. The number of para-hydroxylation sites is 1. The van der Waals surface area contributed by atoms with Crippen molar-refractivity contribution in [3.63, 3.8) is 0 Å². The minimum atomic E-state index is -4.65. The second-order valence-electron chi connectivity index (χ2n) is 6.21. The van der Waals surface area contributed by atoms with Crippen LogP contribution in [0.15, 0.2) is 35.2 Å². The maximum Gasteiger partial charge on any atom is 0.587 e. The van der Waals surface area contributed by atoms with Crippen LogP contribution in [0.2, 0.25) is 0 Å². The summed E-state index contributed by atoms with van der Waals surface area (Å²) in [5.41, 5.74) is -0.591. The van der Waals surface area contributed by atoms with E-state index >= 15 is 0 Å². The van der Waals surface area contributed by atoms with Gasteiger partial charge in [0.1, 0.15) is 10.3 Å². The average molecular weight is 488 g/mol. The van der Waals surface area contributed by atoms with Gasteiger partial charge >= 0.3 is 16.4 Å². The monoisotopic (exact) mass is 488 g/mol. The highest BCUT2D eigenvalue weighted by molar-refractivity contribution is 7.87. The molecule has 12 nitrogen and oxygen atoms in total. The fraction of sp³-hybridized carbons (Fsp3) is 0.188. The van der Waals surface area contributed by atoms with E-state index in [0.717, 1.165) is 36.5 Å². The van der Waals surface area contributed by atoms with Gasteiger partial charge in [0.15, 0.2) is 21.9 Å². The number of ether oxygens (including phenoxy) is 2. The average Bonchev–Trinajstić information content (AvgIpc) is 3.22. The molecule has 1 aromatic carbocycles. The van der Waals surface area contributed by atoms with Crippen LogP contribution >= 0.6 is 11.3 Å². The van der Waals surface area contributed by atoms with Crippen LogP contribution in [0.5, 0.6) is 11.6 Å². The number of alkyl halides is 2. The van der Waals surface area contributed by atoms with Crippen LogP contribution in [0.1, 0.15) is 6.92 Å². The van der Waals surface area contributed by atoms with Gasteiger partial charge in [0.05, 0.1) is 4.92 Å². The van der Waals surface area contributed by atoms with Crippen LogP contribution in [0.4, 0.5) is 19.6 Å². The highest BCUT2D eigenvalue weighted by Gasteiger charge is 2.45. The molecule has 0 saturated carbocycles. The lowest BCUT2D eigenvalue weighted by molar-refractivity contribution is -0.387. The van der Waals surface area contributed by atoms with E-state index in [4.69, 9.17) is 4.18 Å². The van der Waals surface area contributed by atoms with Crippen molar-refractivity contribution in [3.05, 3.63) is 40.4 Å². The first kappa shape index (κ1) is 21.7. The van der Waals surface area contributed by atoms with Crippen LogP contribution in [0.3, 0.4) is 0 Å². The number of aromatic nitrogens is 2. The summed E-state index contributed by atoms with van der Waals surface area (Å²) < 4.78 is 64.4. The zero-order chi connectivity index (χ0) is 23.3. The fourth-order valence-electron chi connectivity index (χ4n) is 2.60. The highest BCUT2D eigenvalue weighted by atomic mass is 32.2. The summed E-state index contributed by atoms with van der Waals surface area (Å²) in [7, 11) is -4.65. The number of rotatable bonds is 6. The van der Waals surface area contributed by atoms with E-state index in [-0.39, 0.29) is 21.2 Å². The number of benzene rings is 1. The molecule has 0 aliphatic carbocycles. The summed E-state index contributed by atoms with van der Waals surface area (Å²) in [6, 6.07) is 5.65. The molecule has 1 atom stereocenters. The van der Waals surface area contributed by atoms with Crippen molar-refractivity contribution in [3.8, 4) is 11.6 Å². The maximum absolute atomic E-state index is 13.1. The SMILES string of the molecule is C[C@@H](OS(=O)(=O)c1ccccc1[N+](=O)[O-])C(=O)Nc1nc2cc3c(nc2s1)OC(F)(F)O3. The van der Waals surface area contributed by atoms with E-state index in [1.165, 1.54) is 12.1 Å². The number of nitro benzene ring substituents is 1. The molecule has 1 amide bonds. The molecular formula is C16H10F2N4O8S2. The van der Waals surface area contributed by atoms with E-state index in [1.807, 2.05) is 0 Å². The summed E-state index contributed by atoms with van der Waals surface area (Å²) in [5, 5.41) is 13.3. The zero-order valence-electron chi connectivity index (χ0n) is 15.6. The molecule has 168 valence electrons. The fourth-order valence-corrected chi connectivity index (χ4v) is 4.64. The third-order valence-corrected chi connectivity index (χ3v) is 6.27. The van der Waals surface area contributed by atoms with Gasteiger partial charge < -0.3 is 9.47 Å². The van der Waals surface area contributed by atoms with Gasteiger partial charge in [0, 0.05) is 12.1 Å². The number of halogens is 2. The number of anilines is 1. The second kappa shape index (κ2) is 7.57. The van der Waals surface area contributed by atoms with Crippen molar-refractivity contribution in [2.24, 2.45) is 0 Å². The molecule has 0 radical (unpaired) electrons. The summed E-state index contributed by atoms with van der Waals surface area (Å²) in [4.78, 5) is 29.8. The summed E-state index contributed by atoms with van der Waals surface area (Å²) >= 11 is 0.801. The Morgan fingerprint density at radius 1 is 1.31 bits per heavy atom. The molecule has 16 heteroatoms. The first-order chi connectivity index (χ1) is 14.9. The number of amides is 1. The third kappa shape index (κ3) is 4.14. The van der Waals surface area contributed by atoms with Crippen LogP contribution in [0.25, 0.3) is 10.3 Å². The lowest BCUT2D eigenvalue weighted by atomic mass is 10.3. The quantitative estimate of drug-likeness (QED) is 0.310. The molecule has 1 aliphatic rings. The molecule has 32 heavy (non-hydrogen) atoms. The van der Waals surface area contributed by atoms with Crippen molar-refractivity contribution in [1.82, 2.24) is 9.97 Å². The predicted octanol–water partition coefficient (Wildman–Crippen LogP) is 2.65. The number of nitrogens with one attached hydrogen (secondary N) is 1. The lowest BCUT2D eigenvalue weighted by Gasteiger charge is -2.12. The third-order valence-electron chi connectivity index (χ3n) is 3.96. The van der Waals surface area contributed by atoms with Gasteiger partial charge in [-0.05, 0) is 13.0 Å². The molecule has 3 aromatic rings. The number of pyridine rings is 1. The topological polar surface area (TPSA) is 160 Å². The van der Waals surface area contributed by atoms with Crippen LogP contribution < -0.4 is 14.8 Å². The van der Waals surface area contributed by atoms with Gasteiger partial charge in [-0.1, -0.05) is 23.5 Å². The van der Waals surface area contributed by atoms with E-state index < -0.39 is 49.8 Å². The van der Waals surface area contributed by atoms with Gasteiger partial charge in [-0.25, -0.2) is 4.98 Å². The number of nitrogens with zero attached hydrogens (tertiary/aromatic N) is 3. The van der Waals surface area contributed by atoms with Crippen molar-refractivity contribution in [2.45, 2.75) is 24.2 Å². The number of thiazole rings is 1. The Morgan fingerprint density at radius 2 is 2.03 bits per heavy atom. The Morgan fingerprint density at radius 3 is 2.75 bits per heavy atom. The standard InChI is InChI=1S/C16H10F2N4O8S2/c1-7(30-32(26,27)11-5-3-2-4-9(11)22(24)25)12(23)20-15-19-8-6-10-13(21-14(8)31-15)29-16(17,18)28-10/h2-7H,1H3,(H,19,20,23)/t7-/m1/s1. The van der Waals surface area contributed by atoms with Crippen molar-refractivity contribution >= 4 is 48.5 Å². The number of nitro groups is 1. The summed E-state index contributed by atoms with van der Waals surface area (Å²) in [5.74, 6) is -1.72. The van der Waals surface area contributed by atoms with Crippen molar-refractivity contribution in [2.75, 3.05) is 5.32 Å². The van der Waals surface area contributed by atoms with Crippen LogP contribution in [0, 0.1) is 10.1 Å². The molecule has 0 fully saturated rings. The molecule has 0 spiro atoms.